The Bertz CT molecular complexity index is 693. The van der Waals surface area contributed by atoms with Gasteiger partial charge in [-0.2, -0.15) is 0 Å². The monoisotopic (exact) mass is 367 g/mol. The molecule has 2 atom stereocenters. The number of likely N-dealkylation sites (tertiary alicyclic amines) is 1. The summed E-state index contributed by atoms with van der Waals surface area (Å²) in [5.74, 6) is -0.654. The Morgan fingerprint density at radius 1 is 1.36 bits per heavy atom. The number of thioether (sulfide) groups is 1. The molecular weight excluding hydrogens is 350 g/mol. The number of hydrogen-bond donors (Lipinski definition) is 1. The van der Waals surface area contributed by atoms with E-state index in [9.17, 15) is 24.5 Å². The first kappa shape index (κ1) is 18.7. The van der Waals surface area contributed by atoms with Crippen molar-refractivity contribution in [3.8, 4) is 0 Å². The van der Waals surface area contributed by atoms with Crippen molar-refractivity contribution < 1.29 is 24.0 Å². The van der Waals surface area contributed by atoms with Crippen LogP contribution in [0.15, 0.2) is 24.3 Å². The molecule has 10 heteroatoms. The molecule has 1 aromatic carbocycles. The minimum absolute atomic E-state index is 0.0625. The van der Waals surface area contributed by atoms with Crippen molar-refractivity contribution in [1.29, 1.82) is 0 Å². The van der Waals surface area contributed by atoms with Gasteiger partial charge in [-0.15, -0.1) is 0 Å². The van der Waals surface area contributed by atoms with Gasteiger partial charge in [0, 0.05) is 30.9 Å². The Hall–Kier alpha value is -2.62. The fraction of sp³-hybridized carbons (Fsp3) is 0.400. The zero-order valence-corrected chi connectivity index (χ0v) is 14.2. The molecule has 9 nitrogen and oxygen atoms in total. The molecule has 134 valence electrons. The van der Waals surface area contributed by atoms with Crippen LogP contribution < -0.4 is 5.73 Å². The van der Waals surface area contributed by atoms with Crippen LogP contribution >= 0.6 is 11.8 Å². The lowest BCUT2D eigenvalue weighted by Gasteiger charge is -2.21. The second kappa shape index (κ2) is 7.97. The number of hydrogen-bond acceptors (Lipinski definition) is 7. The van der Waals surface area contributed by atoms with Crippen LogP contribution in [0.2, 0.25) is 0 Å². The molecule has 0 bridgehead atoms. The first-order valence-corrected chi connectivity index (χ1v) is 8.29. The minimum atomic E-state index is -0.818. The Morgan fingerprint density at radius 3 is 2.52 bits per heavy atom. The van der Waals surface area contributed by atoms with E-state index in [4.69, 9.17) is 10.5 Å². The summed E-state index contributed by atoms with van der Waals surface area (Å²) in [6.07, 6.45) is -0.416. The van der Waals surface area contributed by atoms with Gasteiger partial charge in [0.15, 0.2) is 5.12 Å². The topological polar surface area (TPSA) is 133 Å². The zero-order valence-electron chi connectivity index (χ0n) is 13.4. The highest BCUT2D eigenvalue weighted by molar-refractivity contribution is 8.14. The van der Waals surface area contributed by atoms with E-state index in [1.807, 2.05) is 0 Å². The van der Waals surface area contributed by atoms with Crippen molar-refractivity contribution in [1.82, 2.24) is 4.90 Å². The number of nitro groups is 1. The lowest BCUT2D eigenvalue weighted by atomic mass is 10.2. The van der Waals surface area contributed by atoms with Gasteiger partial charge in [-0.25, -0.2) is 4.79 Å². The van der Waals surface area contributed by atoms with Gasteiger partial charge in [-0.1, -0.05) is 11.8 Å². The number of benzene rings is 1. The molecule has 0 aromatic heterocycles. The Balaban J connectivity index is 1.97. The average Bonchev–Trinajstić information content (AvgIpc) is 2.96. The maximum absolute atomic E-state index is 12.2. The largest absolute Gasteiger partial charge is 0.445 e. The molecule has 2 rings (SSSR count). The summed E-state index contributed by atoms with van der Waals surface area (Å²) in [6, 6.07) is 4.77. The SMILES string of the molecule is CC(=O)S[C@H]1C[C@@H](C(N)=O)N(C(=O)OCc2ccc([N+](=O)[O-])cc2)C1. The summed E-state index contributed by atoms with van der Waals surface area (Å²) in [7, 11) is 0. The molecule has 1 aliphatic heterocycles. The molecule has 0 aliphatic carbocycles. The van der Waals surface area contributed by atoms with E-state index in [-0.39, 0.29) is 29.2 Å². The van der Waals surface area contributed by atoms with Crippen LogP contribution in [0.1, 0.15) is 18.9 Å². The third-order valence-corrected chi connectivity index (χ3v) is 4.67. The molecule has 0 saturated carbocycles. The number of non-ortho nitro benzene ring substituents is 1. The molecule has 2 N–H and O–H groups in total. The second-order valence-corrected chi connectivity index (χ2v) is 6.99. The molecule has 1 fully saturated rings. The molecule has 0 unspecified atom stereocenters. The van der Waals surface area contributed by atoms with Gasteiger partial charge in [0.1, 0.15) is 12.6 Å². The number of amides is 2. The summed E-state index contributed by atoms with van der Waals surface area (Å²) in [5.41, 5.74) is 5.83. The summed E-state index contributed by atoms with van der Waals surface area (Å²) in [6.45, 7) is 1.51. The number of nitrogens with two attached hydrogens (primary N) is 1. The summed E-state index contributed by atoms with van der Waals surface area (Å²) < 4.78 is 5.16. The van der Waals surface area contributed by atoms with Crippen LogP contribution in [0, 0.1) is 10.1 Å². The van der Waals surface area contributed by atoms with Crippen molar-refractivity contribution in [3.63, 3.8) is 0 Å². The highest BCUT2D eigenvalue weighted by Gasteiger charge is 2.40. The lowest BCUT2D eigenvalue weighted by molar-refractivity contribution is -0.384. The van der Waals surface area contributed by atoms with E-state index < -0.39 is 23.0 Å². The van der Waals surface area contributed by atoms with Crippen molar-refractivity contribution >= 4 is 34.6 Å². The van der Waals surface area contributed by atoms with Gasteiger partial charge in [0.05, 0.1) is 4.92 Å². The van der Waals surface area contributed by atoms with E-state index in [2.05, 4.69) is 0 Å². The van der Waals surface area contributed by atoms with Crippen LogP contribution in [-0.2, 0) is 20.9 Å². The number of rotatable bonds is 5. The minimum Gasteiger partial charge on any atom is -0.445 e. The van der Waals surface area contributed by atoms with Gasteiger partial charge in [-0.3, -0.25) is 24.6 Å². The fourth-order valence-corrected chi connectivity index (χ4v) is 3.51. The first-order valence-electron chi connectivity index (χ1n) is 7.41. The fourth-order valence-electron chi connectivity index (χ4n) is 2.53. The molecule has 25 heavy (non-hydrogen) atoms. The Kier molecular flexibility index (Phi) is 5.97. The third-order valence-electron chi connectivity index (χ3n) is 3.67. The molecule has 2 amide bonds. The van der Waals surface area contributed by atoms with Crippen LogP contribution in [0.3, 0.4) is 0 Å². The van der Waals surface area contributed by atoms with Crippen LogP contribution in [-0.4, -0.2) is 44.8 Å². The van der Waals surface area contributed by atoms with Gasteiger partial charge in [0.25, 0.3) is 5.69 Å². The van der Waals surface area contributed by atoms with Crippen LogP contribution in [0.25, 0.3) is 0 Å². The van der Waals surface area contributed by atoms with Gasteiger partial charge in [-0.05, 0) is 24.1 Å². The zero-order chi connectivity index (χ0) is 18.6. The van der Waals surface area contributed by atoms with Gasteiger partial charge >= 0.3 is 6.09 Å². The number of nitro benzene ring substituents is 1. The van der Waals surface area contributed by atoms with E-state index in [0.717, 1.165) is 11.8 Å². The quantitative estimate of drug-likeness (QED) is 0.615. The van der Waals surface area contributed by atoms with Crippen molar-refractivity contribution in [3.05, 3.63) is 39.9 Å². The van der Waals surface area contributed by atoms with E-state index in [0.29, 0.717) is 12.0 Å². The highest BCUT2D eigenvalue weighted by atomic mass is 32.2. The number of nitrogens with zero attached hydrogens (tertiary/aromatic N) is 2. The van der Waals surface area contributed by atoms with E-state index >= 15 is 0 Å². The highest BCUT2D eigenvalue weighted by Crippen LogP contribution is 2.28. The smallest absolute Gasteiger partial charge is 0.410 e. The second-order valence-electron chi connectivity index (χ2n) is 5.52. The normalized spacial score (nSPS) is 19.5. The molecule has 1 aliphatic rings. The maximum Gasteiger partial charge on any atom is 0.410 e. The molecular formula is C15H17N3O6S. The van der Waals surface area contributed by atoms with E-state index in [1.165, 1.54) is 36.1 Å². The van der Waals surface area contributed by atoms with Gasteiger partial charge < -0.3 is 10.5 Å². The number of carbonyl (C=O) groups is 3. The van der Waals surface area contributed by atoms with Gasteiger partial charge in [0.2, 0.25) is 5.91 Å². The molecule has 1 saturated heterocycles. The first-order chi connectivity index (χ1) is 11.8. The van der Waals surface area contributed by atoms with Crippen LogP contribution in [0.5, 0.6) is 0 Å². The Morgan fingerprint density at radius 2 is 2.00 bits per heavy atom. The van der Waals surface area contributed by atoms with Crippen molar-refractivity contribution in [2.75, 3.05) is 6.54 Å². The third kappa shape index (κ3) is 4.92. The molecule has 0 radical (unpaired) electrons. The predicted molar refractivity (Wildman–Crippen MR) is 89.6 cm³/mol. The Labute approximate surface area is 147 Å². The summed E-state index contributed by atoms with van der Waals surface area (Å²) in [5, 5.41) is 10.3. The molecule has 1 heterocycles. The number of primary amides is 1. The van der Waals surface area contributed by atoms with Crippen molar-refractivity contribution in [2.45, 2.75) is 31.2 Å². The maximum atomic E-state index is 12.2. The van der Waals surface area contributed by atoms with Crippen molar-refractivity contribution in [2.24, 2.45) is 5.73 Å². The number of ether oxygens (including phenoxy) is 1. The predicted octanol–water partition coefficient (Wildman–Crippen LogP) is 1.44. The molecule has 1 aromatic rings. The summed E-state index contributed by atoms with van der Waals surface area (Å²) >= 11 is 1.06. The van der Waals surface area contributed by atoms with Crippen LogP contribution in [0.4, 0.5) is 10.5 Å². The lowest BCUT2D eigenvalue weighted by Crippen LogP contribution is -2.43. The summed E-state index contributed by atoms with van der Waals surface area (Å²) in [4.78, 5) is 46.3. The number of carbonyl (C=O) groups excluding carboxylic acids is 3. The van der Waals surface area contributed by atoms with E-state index in [1.54, 1.807) is 0 Å². The standard InChI is InChI=1S/C15H17N3O6S/c1-9(19)25-12-6-13(14(16)20)17(7-12)15(21)24-8-10-2-4-11(5-3-10)18(22)23/h2-5,12-13H,6-8H2,1H3,(H2,16,20)/t12-,13-/m0/s1. The average molecular weight is 367 g/mol. The molecule has 0 spiro atoms.